The maximum Gasteiger partial charge on any atom is 0.240 e. The molecule has 2 aromatic heterocycles. The summed E-state index contributed by atoms with van der Waals surface area (Å²) < 4.78 is 10.7. The van der Waals surface area contributed by atoms with Gasteiger partial charge in [0.1, 0.15) is 0 Å². The molecule has 0 N–H and O–H groups in total. The lowest BCUT2D eigenvalue weighted by molar-refractivity contribution is 0.192. The normalized spacial score (nSPS) is 18.8. The van der Waals surface area contributed by atoms with Gasteiger partial charge in [0.2, 0.25) is 5.89 Å². The Bertz CT molecular complexity index is 537. The third kappa shape index (κ3) is 3.20. The van der Waals surface area contributed by atoms with Crippen LogP contribution in [0.5, 0.6) is 0 Å². The molecule has 0 unspecified atom stereocenters. The van der Waals surface area contributed by atoms with Crippen molar-refractivity contribution in [3.63, 3.8) is 0 Å². The van der Waals surface area contributed by atoms with Gasteiger partial charge in [-0.2, -0.15) is 4.98 Å². The molecule has 3 rings (SSSR count). The first-order chi connectivity index (χ1) is 9.81. The Kier molecular flexibility index (Phi) is 4.03. The number of ether oxygens (including phenoxy) is 1. The summed E-state index contributed by atoms with van der Waals surface area (Å²) in [5, 5.41) is 4.06. The quantitative estimate of drug-likeness (QED) is 0.825. The first-order valence-corrected chi connectivity index (χ1v) is 6.79. The van der Waals surface area contributed by atoms with Crippen LogP contribution in [0.2, 0.25) is 0 Å². The number of hydrogen-bond acceptors (Lipinski definition) is 6. The topological polar surface area (TPSA) is 64.3 Å². The summed E-state index contributed by atoms with van der Waals surface area (Å²) in [5.41, 5.74) is 1.21. The van der Waals surface area contributed by atoms with Crippen LogP contribution in [0.3, 0.4) is 0 Å². The molecule has 0 amide bonds. The van der Waals surface area contributed by atoms with E-state index in [2.05, 4.69) is 20.0 Å². The van der Waals surface area contributed by atoms with Crippen LogP contribution in [0.25, 0.3) is 0 Å². The second-order valence-corrected chi connectivity index (χ2v) is 5.13. The maximum atomic E-state index is 5.34. The van der Waals surface area contributed by atoms with Crippen LogP contribution < -0.4 is 0 Å². The van der Waals surface area contributed by atoms with Crippen LogP contribution in [0.4, 0.5) is 0 Å². The average Bonchev–Trinajstić information content (AvgIpc) is 3.10. The molecule has 0 radical (unpaired) electrons. The van der Waals surface area contributed by atoms with Crippen molar-refractivity contribution < 1.29 is 9.26 Å². The van der Waals surface area contributed by atoms with Gasteiger partial charge in [0.25, 0.3) is 0 Å². The summed E-state index contributed by atoms with van der Waals surface area (Å²) >= 11 is 0. The molecule has 6 nitrogen and oxygen atoms in total. The van der Waals surface area contributed by atoms with Gasteiger partial charge in [-0.05, 0) is 31.2 Å². The van der Waals surface area contributed by atoms with E-state index in [4.69, 9.17) is 9.26 Å². The van der Waals surface area contributed by atoms with Crippen LogP contribution in [-0.4, -0.2) is 40.3 Å². The van der Waals surface area contributed by atoms with Crippen LogP contribution >= 0.6 is 0 Å². The predicted molar refractivity (Wildman–Crippen MR) is 71.9 cm³/mol. The highest BCUT2D eigenvalue weighted by molar-refractivity contribution is 5.09. The highest BCUT2D eigenvalue weighted by Gasteiger charge is 2.23. The van der Waals surface area contributed by atoms with Crippen molar-refractivity contribution in [1.82, 2.24) is 20.0 Å². The summed E-state index contributed by atoms with van der Waals surface area (Å²) in [6, 6.07) is 4.01. The van der Waals surface area contributed by atoms with Gasteiger partial charge in [0.15, 0.2) is 5.82 Å². The number of rotatable bonds is 5. The summed E-state index contributed by atoms with van der Waals surface area (Å²) in [4.78, 5) is 10.6. The zero-order chi connectivity index (χ0) is 13.8. The second kappa shape index (κ2) is 6.11. The minimum Gasteiger partial charge on any atom is -0.381 e. The minimum atomic E-state index is 0.290. The Morgan fingerprint density at radius 1 is 1.30 bits per heavy atom. The van der Waals surface area contributed by atoms with E-state index in [0.29, 0.717) is 19.0 Å². The summed E-state index contributed by atoms with van der Waals surface area (Å²) in [5.74, 6) is 1.72. The Balaban J connectivity index is 1.57. The van der Waals surface area contributed by atoms with Gasteiger partial charge in [0, 0.05) is 31.5 Å². The fraction of sp³-hybridized carbons (Fsp3) is 0.500. The fourth-order valence-corrected chi connectivity index (χ4v) is 2.32. The van der Waals surface area contributed by atoms with Gasteiger partial charge in [0.05, 0.1) is 13.2 Å². The lowest BCUT2D eigenvalue weighted by Crippen LogP contribution is -2.17. The number of pyridine rings is 1. The lowest BCUT2D eigenvalue weighted by atomic mass is 10.1. The molecule has 0 aliphatic carbocycles. The zero-order valence-corrected chi connectivity index (χ0v) is 11.5. The molecular weight excluding hydrogens is 256 g/mol. The molecule has 6 heteroatoms. The standard InChI is InChI=1S/C14H18N4O2/c1-18(8-11-2-5-15-6-3-11)9-13-16-14(17-20-13)12-4-7-19-10-12/h2-3,5-6,12H,4,7-10H2,1H3/t12-/m1/s1. The highest BCUT2D eigenvalue weighted by Crippen LogP contribution is 2.22. The third-order valence-electron chi connectivity index (χ3n) is 3.39. The molecular formula is C14H18N4O2. The number of nitrogens with zero attached hydrogens (tertiary/aromatic N) is 4. The molecule has 1 aliphatic heterocycles. The van der Waals surface area contributed by atoms with Crippen LogP contribution in [0.1, 0.15) is 29.6 Å². The van der Waals surface area contributed by atoms with E-state index in [1.54, 1.807) is 12.4 Å². The number of aromatic nitrogens is 3. The van der Waals surface area contributed by atoms with E-state index < -0.39 is 0 Å². The Labute approximate surface area is 117 Å². The SMILES string of the molecule is CN(Cc1ccncc1)Cc1nc([C@@H]2CCOC2)no1. The molecule has 0 spiro atoms. The van der Waals surface area contributed by atoms with Gasteiger partial charge in [-0.25, -0.2) is 0 Å². The maximum absolute atomic E-state index is 5.34. The van der Waals surface area contributed by atoms with Crippen LogP contribution in [0.15, 0.2) is 29.0 Å². The van der Waals surface area contributed by atoms with E-state index in [-0.39, 0.29) is 5.92 Å². The minimum absolute atomic E-state index is 0.290. The van der Waals surface area contributed by atoms with Crippen molar-refractivity contribution in [2.75, 3.05) is 20.3 Å². The molecule has 1 saturated heterocycles. The summed E-state index contributed by atoms with van der Waals surface area (Å²) in [7, 11) is 2.03. The highest BCUT2D eigenvalue weighted by atomic mass is 16.5. The van der Waals surface area contributed by atoms with E-state index in [9.17, 15) is 0 Å². The number of hydrogen-bond donors (Lipinski definition) is 0. The van der Waals surface area contributed by atoms with Gasteiger partial charge in [-0.15, -0.1) is 0 Å². The lowest BCUT2D eigenvalue weighted by Gasteiger charge is -2.13. The molecule has 2 aromatic rings. The first kappa shape index (κ1) is 13.2. The fourth-order valence-electron chi connectivity index (χ4n) is 2.32. The first-order valence-electron chi connectivity index (χ1n) is 6.79. The molecule has 0 saturated carbocycles. The molecule has 0 bridgehead atoms. The molecule has 20 heavy (non-hydrogen) atoms. The van der Waals surface area contributed by atoms with Crippen molar-refractivity contribution in [2.24, 2.45) is 0 Å². The smallest absolute Gasteiger partial charge is 0.240 e. The third-order valence-corrected chi connectivity index (χ3v) is 3.39. The van der Waals surface area contributed by atoms with Crippen LogP contribution in [-0.2, 0) is 17.8 Å². The van der Waals surface area contributed by atoms with E-state index in [0.717, 1.165) is 25.4 Å². The molecule has 0 aromatic carbocycles. The van der Waals surface area contributed by atoms with Crippen molar-refractivity contribution >= 4 is 0 Å². The Hall–Kier alpha value is -1.79. The van der Waals surface area contributed by atoms with Crippen molar-refractivity contribution in [1.29, 1.82) is 0 Å². The largest absolute Gasteiger partial charge is 0.381 e. The summed E-state index contributed by atoms with van der Waals surface area (Å²) in [6.07, 6.45) is 4.58. The van der Waals surface area contributed by atoms with Gasteiger partial charge in [-0.1, -0.05) is 5.16 Å². The monoisotopic (exact) mass is 274 g/mol. The van der Waals surface area contributed by atoms with Gasteiger partial charge in [-0.3, -0.25) is 9.88 Å². The average molecular weight is 274 g/mol. The zero-order valence-electron chi connectivity index (χ0n) is 11.5. The van der Waals surface area contributed by atoms with Gasteiger partial charge >= 0.3 is 0 Å². The Morgan fingerprint density at radius 3 is 2.90 bits per heavy atom. The van der Waals surface area contributed by atoms with E-state index in [1.165, 1.54) is 5.56 Å². The summed E-state index contributed by atoms with van der Waals surface area (Å²) in [6.45, 7) is 2.96. The molecule has 1 fully saturated rings. The van der Waals surface area contributed by atoms with Crippen LogP contribution in [0, 0.1) is 0 Å². The van der Waals surface area contributed by atoms with E-state index in [1.807, 2.05) is 19.2 Å². The second-order valence-electron chi connectivity index (χ2n) is 5.13. The predicted octanol–water partition coefficient (Wildman–Crippen LogP) is 1.60. The van der Waals surface area contributed by atoms with E-state index >= 15 is 0 Å². The Morgan fingerprint density at radius 2 is 2.15 bits per heavy atom. The van der Waals surface area contributed by atoms with Crippen molar-refractivity contribution in [3.8, 4) is 0 Å². The van der Waals surface area contributed by atoms with Gasteiger partial charge < -0.3 is 9.26 Å². The molecule has 1 atom stereocenters. The molecule has 3 heterocycles. The van der Waals surface area contributed by atoms with Crippen molar-refractivity contribution in [2.45, 2.75) is 25.4 Å². The van der Waals surface area contributed by atoms with Crippen molar-refractivity contribution in [3.05, 3.63) is 41.8 Å². The molecule has 106 valence electrons. The molecule has 1 aliphatic rings.